The highest BCUT2D eigenvalue weighted by Crippen LogP contribution is 2.34. The van der Waals surface area contributed by atoms with Gasteiger partial charge in [0, 0.05) is 10.7 Å². The van der Waals surface area contributed by atoms with Crippen LogP contribution in [0.1, 0.15) is 38.7 Å². The van der Waals surface area contributed by atoms with Crippen LogP contribution in [0.25, 0.3) is 0 Å². The molecule has 0 heterocycles. The van der Waals surface area contributed by atoms with Gasteiger partial charge in [-0.25, -0.2) is 0 Å². The molecule has 3 N–H and O–H groups in total. The SMILES string of the molecule is CC(C)CC(C)C(C(=O)O)c1cc(Cl)ccc1N. The van der Waals surface area contributed by atoms with Crippen molar-refractivity contribution in [1.82, 2.24) is 0 Å². The highest BCUT2D eigenvalue weighted by molar-refractivity contribution is 6.30. The van der Waals surface area contributed by atoms with E-state index in [9.17, 15) is 9.90 Å². The molecular formula is C14H20ClNO2. The lowest BCUT2D eigenvalue weighted by Crippen LogP contribution is -2.22. The van der Waals surface area contributed by atoms with Gasteiger partial charge in [-0.2, -0.15) is 0 Å². The van der Waals surface area contributed by atoms with Gasteiger partial charge in [-0.1, -0.05) is 32.4 Å². The summed E-state index contributed by atoms with van der Waals surface area (Å²) in [7, 11) is 0. The van der Waals surface area contributed by atoms with Gasteiger partial charge in [0.25, 0.3) is 0 Å². The quantitative estimate of drug-likeness (QED) is 0.800. The second-order valence-corrected chi connectivity index (χ2v) is 5.63. The molecule has 0 aromatic heterocycles. The van der Waals surface area contributed by atoms with Gasteiger partial charge in [-0.15, -0.1) is 0 Å². The fourth-order valence-corrected chi connectivity index (χ4v) is 2.56. The molecule has 0 radical (unpaired) electrons. The van der Waals surface area contributed by atoms with E-state index >= 15 is 0 Å². The maximum absolute atomic E-state index is 11.5. The minimum absolute atomic E-state index is 0.0169. The zero-order chi connectivity index (χ0) is 13.9. The van der Waals surface area contributed by atoms with Gasteiger partial charge in [-0.3, -0.25) is 4.79 Å². The average Bonchev–Trinajstić information content (AvgIpc) is 2.21. The third-order valence-corrected chi connectivity index (χ3v) is 3.30. The number of nitrogens with two attached hydrogens (primary N) is 1. The van der Waals surface area contributed by atoms with Crippen LogP contribution in [0, 0.1) is 11.8 Å². The molecule has 0 aliphatic carbocycles. The van der Waals surface area contributed by atoms with Crippen LogP contribution >= 0.6 is 11.6 Å². The molecule has 0 spiro atoms. The van der Waals surface area contributed by atoms with Gasteiger partial charge in [0.2, 0.25) is 0 Å². The number of carboxylic acids is 1. The zero-order valence-electron chi connectivity index (χ0n) is 11.0. The number of anilines is 1. The Kier molecular flexibility index (Phi) is 5.03. The van der Waals surface area contributed by atoms with Gasteiger partial charge < -0.3 is 10.8 Å². The summed E-state index contributed by atoms with van der Waals surface area (Å²) in [6.07, 6.45) is 0.836. The zero-order valence-corrected chi connectivity index (χ0v) is 11.7. The van der Waals surface area contributed by atoms with Crippen LogP contribution < -0.4 is 5.73 Å². The second kappa shape index (κ2) is 6.10. The van der Waals surface area contributed by atoms with E-state index in [-0.39, 0.29) is 5.92 Å². The predicted octanol–water partition coefficient (Wildman–Crippen LogP) is 3.77. The molecular weight excluding hydrogens is 250 g/mol. The Bertz CT molecular complexity index is 432. The third-order valence-electron chi connectivity index (χ3n) is 3.06. The molecule has 1 aromatic rings. The first-order chi connectivity index (χ1) is 8.32. The van der Waals surface area contributed by atoms with Crippen LogP contribution in [0.15, 0.2) is 18.2 Å². The summed E-state index contributed by atoms with van der Waals surface area (Å²) in [5.74, 6) is -0.992. The normalized spacial score (nSPS) is 14.5. The van der Waals surface area contributed by atoms with E-state index in [1.807, 2.05) is 6.92 Å². The molecule has 2 unspecified atom stereocenters. The Balaban J connectivity index is 3.12. The highest BCUT2D eigenvalue weighted by atomic mass is 35.5. The van der Waals surface area contributed by atoms with E-state index in [4.69, 9.17) is 17.3 Å². The summed E-state index contributed by atoms with van der Waals surface area (Å²) in [5, 5.41) is 9.94. The molecule has 18 heavy (non-hydrogen) atoms. The van der Waals surface area contributed by atoms with Crippen LogP contribution in [0.2, 0.25) is 5.02 Å². The molecule has 0 aliphatic rings. The number of halogens is 1. The largest absolute Gasteiger partial charge is 0.481 e. The summed E-state index contributed by atoms with van der Waals surface area (Å²) in [5.41, 5.74) is 6.98. The van der Waals surface area contributed by atoms with Crippen molar-refractivity contribution in [1.29, 1.82) is 0 Å². The van der Waals surface area contributed by atoms with Crippen molar-refractivity contribution >= 4 is 23.3 Å². The Hall–Kier alpha value is -1.22. The van der Waals surface area contributed by atoms with E-state index in [0.717, 1.165) is 6.42 Å². The molecule has 0 amide bonds. The van der Waals surface area contributed by atoms with Crippen molar-refractivity contribution in [3.05, 3.63) is 28.8 Å². The van der Waals surface area contributed by atoms with Gasteiger partial charge in [-0.05, 0) is 42.0 Å². The fraction of sp³-hybridized carbons (Fsp3) is 0.500. The smallest absolute Gasteiger partial charge is 0.311 e. The summed E-state index contributed by atoms with van der Waals surface area (Å²) in [4.78, 5) is 11.5. The predicted molar refractivity (Wildman–Crippen MR) is 74.9 cm³/mol. The average molecular weight is 270 g/mol. The maximum Gasteiger partial charge on any atom is 0.311 e. The van der Waals surface area contributed by atoms with Gasteiger partial charge >= 0.3 is 5.97 Å². The van der Waals surface area contributed by atoms with Crippen molar-refractivity contribution < 1.29 is 9.90 Å². The lowest BCUT2D eigenvalue weighted by Gasteiger charge is -2.23. The molecule has 0 bridgehead atoms. The number of aliphatic carboxylic acids is 1. The number of nitrogen functional groups attached to an aromatic ring is 1. The molecule has 1 aromatic carbocycles. The van der Waals surface area contributed by atoms with Gasteiger partial charge in [0.05, 0.1) is 5.92 Å². The molecule has 3 nitrogen and oxygen atoms in total. The first kappa shape index (κ1) is 14.8. The van der Waals surface area contributed by atoms with Gasteiger partial charge in [0.1, 0.15) is 0 Å². The first-order valence-corrected chi connectivity index (χ1v) is 6.48. The van der Waals surface area contributed by atoms with Crippen LogP contribution in [-0.2, 0) is 4.79 Å². The second-order valence-electron chi connectivity index (χ2n) is 5.20. The van der Waals surface area contributed by atoms with Crippen molar-refractivity contribution in [2.45, 2.75) is 33.1 Å². The molecule has 0 saturated carbocycles. The molecule has 0 aliphatic heterocycles. The van der Waals surface area contributed by atoms with Crippen LogP contribution in [0.4, 0.5) is 5.69 Å². The minimum Gasteiger partial charge on any atom is -0.481 e. The van der Waals surface area contributed by atoms with Crippen molar-refractivity contribution in [3.63, 3.8) is 0 Å². The van der Waals surface area contributed by atoms with Crippen LogP contribution in [0.5, 0.6) is 0 Å². The molecule has 2 atom stereocenters. The Morgan fingerprint density at radius 3 is 2.50 bits per heavy atom. The number of hydrogen-bond donors (Lipinski definition) is 2. The third kappa shape index (κ3) is 3.64. The topological polar surface area (TPSA) is 63.3 Å². The Labute approximate surface area is 113 Å². The van der Waals surface area contributed by atoms with E-state index in [2.05, 4.69) is 13.8 Å². The summed E-state index contributed by atoms with van der Waals surface area (Å²) in [6, 6.07) is 4.99. The maximum atomic E-state index is 11.5. The fourth-order valence-electron chi connectivity index (χ4n) is 2.38. The standard InChI is InChI=1S/C14H20ClNO2/c1-8(2)6-9(3)13(14(17)18)11-7-10(15)4-5-12(11)16/h4-5,7-9,13H,6,16H2,1-3H3,(H,17,18). The molecule has 100 valence electrons. The summed E-state index contributed by atoms with van der Waals surface area (Å²) in [6.45, 7) is 6.10. The Morgan fingerprint density at radius 2 is 2.00 bits per heavy atom. The van der Waals surface area contributed by atoms with Crippen molar-refractivity contribution in [3.8, 4) is 0 Å². The van der Waals surface area contributed by atoms with E-state index in [1.165, 1.54) is 0 Å². The Morgan fingerprint density at radius 1 is 1.39 bits per heavy atom. The number of carboxylic acid groups (broad SMARTS) is 1. The van der Waals surface area contributed by atoms with E-state index in [0.29, 0.717) is 22.2 Å². The highest BCUT2D eigenvalue weighted by Gasteiger charge is 2.28. The van der Waals surface area contributed by atoms with Crippen LogP contribution in [0.3, 0.4) is 0 Å². The van der Waals surface area contributed by atoms with Gasteiger partial charge in [0.15, 0.2) is 0 Å². The minimum atomic E-state index is -0.850. The van der Waals surface area contributed by atoms with E-state index < -0.39 is 11.9 Å². The number of rotatable bonds is 5. The lowest BCUT2D eigenvalue weighted by molar-refractivity contribution is -0.140. The number of carbonyl (C=O) groups is 1. The summed E-state index contributed by atoms with van der Waals surface area (Å²) < 4.78 is 0. The number of benzene rings is 1. The monoisotopic (exact) mass is 269 g/mol. The molecule has 0 fully saturated rings. The molecule has 0 saturated heterocycles. The van der Waals surface area contributed by atoms with Crippen LogP contribution in [-0.4, -0.2) is 11.1 Å². The molecule has 1 rings (SSSR count). The van der Waals surface area contributed by atoms with Crippen molar-refractivity contribution in [2.75, 3.05) is 5.73 Å². The van der Waals surface area contributed by atoms with Crippen molar-refractivity contribution in [2.24, 2.45) is 11.8 Å². The van der Waals surface area contributed by atoms with E-state index in [1.54, 1.807) is 18.2 Å². The summed E-state index contributed by atoms with van der Waals surface area (Å²) >= 11 is 5.93. The first-order valence-electron chi connectivity index (χ1n) is 6.10. The lowest BCUT2D eigenvalue weighted by atomic mass is 9.82. The number of hydrogen-bond acceptors (Lipinski definition) is 2. The molecule has 4 heteroatoms.